The third-order valence-electron chi connectivity index (χ3n) is 5.78. The molecule has 5 nitrogen and oxygen atoms in total. The molecule has 20 heavy (non-hydrogen) atoms. The fourth-order valence-electron chi connectivity index (χ4n) is 4.85. The summed E-state index contributed by atoms with van der Waals surface area (Å²) in [7, 11) is 0. The van der Waals surface area contributed by atoms with Crippen molar-refractivity contribution in [3.05, 3.63) is 22.3 Å². The lowest BCUT2D eigenvalue weighted by molar-refractivity contribution is -0.800. The van der Waals surface area contributed by atoms with Gasteiger partial charge in [0.15, 0.2) is 0 Å². The number of fused-ring (bicyclic) bond motifs is 1. The first kappa shape index (κ1) is 13.9. The van der Waals surface area contributed by atoms with Crippen LogP contribution in [0.25, 0.3) is 0 Å². The van der Waals surface area contributed by atoms with E-state index >= 15 is 0 Å². The molecule has 0 aromatic rings. The molecule has 2 saturated heterocycles. The van der Waals surface area contributed by atoms with Gasteiger partial charge in [0.2, 0.25) is 5.79 Å². The summed E-state index contributed by atoms with van der Waals surface area (Å²) in [4.78, 5) is 16.1. The van der Waals surface area contributed by atoms with E-state index in [4.69, 9.17) is 9.57 Å². The van der Waals surface area contributed by atoms with Gasteiger partial charge < -0.3 is 4.74 Å². The third kappa shape index (κ3) is 1.65. The van der Waals surface area contributed by atoms with E-state index in [9.17, 15) is 10.1 Å². The molecule has 1 saturated carbocycles. The molecule has 5 heteroatoms. The standard InChI is InChI=1S/C15H23NO4/c1-9(2)13-8-14-11(4)5-6-12(14)10(3)7-15(13,19-14)20-16(17)18/h9,11-13H,3,5-8H2,1-2,4H3/t11-,12-,13-,14-,15+/m0/s1. The molecule has 0 unspecified atom stereocenters. The topological polar surface area (TPSA) is 61.6 Å². The van der Waals surface area contributed by atoms with Gasteiger partial charge in [-0.3, -0.25) is 4.84 Å². The first-order valence-electron chi connectivity index (χ1n) is 7.52. The summed E-state index contributed by atoms with van der Waals surface area (Å²) >= 11 is 0. The van der Waals surface area contributed by atoms with Gasteiger partial charge in [0.1, 0.15) is 0 Å². The van der Waals surface area contributed by atoms with E-state index in [0.717, 1.165) is 24.8 Å². The number of nitrogens with zero attached hydrogens (tertiary/aromatic N) is 1. The minimum Gasteiger partial charge on any atom is -0.342 e. The van der Waals surface area contributed by atoms with E-state index < -0.39 is 10.9 Å². The monoisotopic (exact) mass is 281 g/mol. The summed E-state index contributed by atoms with van der Waals surface area (Å²) in [6, 6.07) is 0. The molecule has 2 aliphatic heterocycles. The Kier molecular flexibility index (Phi) is 2.91. The van der Waals surface area contributed by atoms with Gasteiger partial charge in [0.05, 0.1) is 5.60 Å². The quantitative estimate of drug-likeness (QED) is 0.452. The van der Waals surface area contributed by atoms with Gasteiger partial charge in [0.25, 0.3) is 5.09 Å². The Morgan fingerprint density at radius 2 is 2.20 bits per heavy atom. The summed E-state index contributed by atoms with van der Waals surface area (Å²) in [6.45, 7) is 10.6. The van der Waals surface area contributed by atoms with Crippen LogP contribution in [-0.4, -0.2) is 16.5 Å². The van der Waals surface area contributed by atoms with Crippen molar-refractivity contribution in [2.24, 2.45) is 23.7 Å². The molecule has 3 rings (SSSR count). The van der Waals surface area contributed by atoms with Gasteiger partial charge >= 0.3 is 0 Å². The van der Waals surface area contributed by atoms with E-state index in [1.807, 2.05) is 0 Å². The number of hydrogen-bond acceptors (Lipinski definition) is 4. The maximum atomic E-state index is 11.0. The second-order valence-electron chi connectivity index (χ2n) is 7.10. The zero-order chi connectivity index (χ0) is 14.7. The van der Waals surface area contributed by atoms with Crippen LogP contribution in [0.4, 0.5) is 0 Å². The van der Waals surface area contributed by atoms with E-state index in [-0.39, 0.29) is 17.4 Å². The van der Waals surface area contributed by atoms with Crippen molar-refractivity contribution in [3.8, 4) is 0 Å². The average Bonchev–Trinajstić information content (AvgIpc) is 2.77. The zero-order valence-corrected chi connectivity index (χ0v) is 12.4. The van der Waals surface area contributed by atoms with Gasteiger partial charge in [-0.2, -0.15) is 0 Å². The van der Waals surface area contributed by atoms with Crippen LogP contribution in [-0.2, 0) is 9.57 Å². The number of rotatable bonds is 3. The fourth-order valence-corrected chi connectivity index (χ4v) is 4.85. The van der Waals surface area contributed by atoms with Crippen molar-refractivity contribution >= 4 is 0 Å². The highest BCUT2D eigenvalue weighted by Gasteiger charge is 2.68. The molecule has 0 aromatic carbocycles. The van der Waals surface area contributed by atoms with Crippen molar-refractivity contribution in [2.45, 2.75) is 57.8 Å². The van der Waals surface area contributed by atoms with Gasteiger partial charge in [-0.15, -0.1) is 10.1 Å². The van der Waals surface area contributed by atoms with Gasteiger partial charge in [0, 0.05) is 18.3 Å². The highest BCUT2D eigenvalue weighted by atomic mass is 17.0. The highest BCUT2D eigenvalue weighted by molar-refractivity contribution is 5.24. The summed E-state index contributed by atoms with van der Waals surface area (Å²) in [6.07, 6.45) is 3.49. The Bertz CT molecular complexity index is 463. The van der Waals surface area contributed by atoms with E-state index in [2.05, 4.69) is 27.4 Å². The molecule has 1 aliphatic carbocycles. The Morgan fingerprint density at radius 3 is 2.80 bits per heavy atom. The second-order valence-corrected chi connectivity index (χ2v) is 7.10. The van der Waals surface area contributed by atoms with Crippen LogP contribution in [0.1, 0.15) is 46.5 Å². The van der Waals surface area contributed by atoms with Crippen LogP contribution in [0.5, 0.6) is 0 Å². The SMILES string of the molecule is C=C1C[C@]2(O[N+](=O)[O-])O[C@@]3(C[C@H]2C(C)C)[C@@H](C)CC[C@@H]13. The van der Waals surface area contributed by atoms with Crippen LogP contribution in [0.2, 0.25) is 0 Å². The molecular formula is C15H23NO4. The lowest BCUT2D eigenvalue weighted by atomic mass is 9.77. The largest absolute Gasteiger partial charge is 0.342 e. The van der Waals surface area contributed by atoms with Crippen molar-refractivity contribution in [1.29, 1.82) is 0 Å². The molecule has 1 spiro atoms. The molecule has 2 heterocycles. The predicted molar refractivity (Wildman–Crippen MR) is 73.2 cm³/mol. The van der Waals surface area contributed by atoms with Crippen LogP contribution in [0, 0.1) is 33.8 Å². The van der Waals surface area contributed by atoms with Crippen LogP contribution in [0.3, 0.4) is 0 Å². The molecule has 0 aromatic heterocycles. The molecule has 0 N–H and O–H groups in total. The lowest BCUT2D eigenvalue weighted by Gasteiger charge is -2.44. The molecular weight excluding hydrogens is 258 g/mol. The van der Waals surface area contributed by atoms with Crippen molar-refractivity contribution in [2.75, 3.05) is 0 Å². The summed E-state index contributed by atoms with van der Waals surface area (Å²) in [5, 5.41) is 10.3. The maximum absolute atomic E-state index is 11.0. The normalized spacial score (nSPS) is 46.6. The first-order valence-corrected chi connectivity index (χ1v) is 7.52. The summed E-state index contributed by atoms with van der Waals surface area (Å²) in [5.41, 5.74) is 0.783. The average molecular weight is 281 g/mol. The molecule has 112 valence electrons. The number of hydrogen-bond donors (Lipinski definition) is 0. The third-order valence-corrected chi connectivity index (χ3v) is 5.78. The smallest absolute Gasteiger partial charge is 0.297 e. The Labute approximate surface area is 119 Å². The molecule has 5 atom stereocenters. The van der Waals surface area contributed by atoms with Crippen LogP contribution >= 0.6 is 0 Å². The highest BCUT2D eigenvalue weighted by Crippen LogP contribution is 2.64. The Hall–Kier alpha value is -1.10. The molecule has 2 bridgehead atoms. The predicted octanol–water partition coefficient (Wildman–Crippen LogP) is 3.33. The van der Waals surface area contributed by atoms with Crippen LogP contribution < -0.4 is 0 Å². The van der Waals surface area contributed by atoms with Crippen molar-refractivity contribution in [3.63, 3.8) is 0 Å². The van der Waals surface area contributed by atoms with E-state index in [0.29, 0.717) is 18.3 Å². The van der Waals surface area contributed by atoms with E-state index in [1.54, 1.807) is 0 Å². The van der Waals surface area contributed by atoms with Crippen LogP contribution in [0.15, 0.2) is 12.2 Å². The number of ether oxygens (including phenoxy) is 1. The Morgan fingerprint density at radius 1 is 1.50 bits per heavy atom. The summed E-state index contributed by atoms with van der Waals surface area (Å²) in [5.74, 6) is -0.0271. The lowest BCUT2D eigenvalue weighted by Crippen LogP contribution is -2.51. The minimum atomic E-state index is -1.11. The second kappa shape index (κ2) is 4.20. The minimum absolute atomic E-state index is 0.0511. The van der Waals surface area contributed by atoms with Gasteiger partial charge in [-0.05, 0) is 31.1 Å². The molecule has 0 amide bonds. The van der Waals surface area contributed by atoms with E-state index in [1.165, 1.54) is 0 Å². The van der Waals surface area contributed by atoms with Gasteiger partial charge in [-0.25, -0.2) is 0 Å². The molecule has 0 radical (unpaired) electrons. The fraction of sp³-hybridized carbons (Fsp3) is 0.867. The molecule has 3 aliphatic rings. The summed E-state index contributed by atoms with van der Waals surface area (Å²) < 4.78 is 6.34. The first-order chi connectivity index (χ1) is 9.31. The Balaban J connectivity index is 2.05. The van der Waals surface area contributed by atoms with Gasteiger partial charge in [-0.1, -0.05) is 32.9 Å². The van der Waals surface area contributed by atoms with Crippen molar-refractivity contribution in [1.82, 2.24) is 0 Å². The van der Waals surface area contributed by atoms with Crippen molar-refractivity contribution < 1.29 is 14.7 Å². The maximum Gasteiger partial charge on any atom is 0.297 e. The molecule has 3 fully saturated rings. The zero-order valence-electron chi connectivity index (χ0n) is 12.4.